The fourth-order valence-electron chi connectivity index (χ4n) is 1.90. The van der Waals surface area contributed by atoms with Crippen LogP contribution in [0.25, 0.3) is 0 Å². The molecule has 4 heteroatoms. The van der Waals surface area contributed by atoms with Gasteiger partial charge in [-0.3, -0.25) is 0 Å². The van der Waals surface area contributed by atoms with Crippen molar-refractivity contribution in [3.05, 3.63) is 28.8 Å². The van der Waals surface area contributed by atoms with Crippen LogP contribution in [-0.2, 0) is 0 Å². The molecule has 2 rings (SSSR count). The molecule has 0 amide bonds. The zero-order chi connectivity index (χ0) is 11.0. The monoisotopic (exact) mass is 231 g/mol. The summed E-state index contributed by atoms with van der Waals surface area (Å²) in [5.74, 6) is -0.602. The molecule has 1 aromatic carbocycles. The number of hydrogen-bond acceptors (Lipinski definition) is 1. The third-order valence-corrected chi connectivity index (χ3v) is 3.03. The van der Waals surface area contributed by atoms with Crippen LogP contribution >= 0.6 is 11.6 Å². The number of nitrogens with one attached hydrogen (secondary N) is 1. The summed E-state index contributed by atoms with van der Waals surface area (Å²) >= 11 is 5.75. The lowest BCUT2D eigenvalue weighted by Gasteiger charge is -2.34. The standard InChI is InChI=1S/C11H12ClF2N/c1-6-2-8(3-6)15-11-9(12)4-7(13)5-10(11)14/h4-6,8,15H,2-3H2,1H3. The molecule has 1 aliphatic carbocycles. The van der Waals surface area contributed by atoms with E-state index in [4.69, 9.17) is 11.6 Å². The van der Waals surface area contributed by atoms with Gasteiger partial charge in [-0.2, -0.15) is 0 Å². The first-order chi connectivity index (χ1) is 7.06. The largest absolute Gasteiger partial charge is 0.379 e. The highest BCUT2D eigenvalue weighted by Crippen LogP contribution is 2.33. The van der Waals surface area contributed by atoms with Gasteiger partial charge in [0, 0.05) is 12.1 Å². The van der Waals surface area contributed by atoms with Crippen LogP contribution < -0.4 is 5.32 Å². The van der Waals surface area contributed by atoms with Crippen molar-refractivity contribution in [2.45, 2.75) is 25.8 Å². The Morgan fingerprint density at radius 3 is 2.53 bits per heavy atom. The van der Waals surface area contributed by atoms with Crippen molar-refractivity contribution in [2.24, 2.45) is 5.92 Å². The minimum atomic E-state index is -0.648. The van der Waals surface area contributed by atoms with Crippen LogP contribution in [0.15, 0.2) is 12.1 Å². The van der Waals surface area contributed by atoms with Crippen molar-refractivity contribution in [3.8, 4) is 0 Å². The van der Waals surface area contributed by atoms with Crippen molar-refractivity contribution >= 4 is 17.3 Å². The third kappa shape index (κ3) is 2.23. The van der Waals surface area contributed by atoms with E-state index in [1.54, 1.807) is 0 Å². The van der Waals surface area contributed by atoms with E-state index in [9.17, 15) is 8.78 Å². The fraction of sp³-hybridized carbons (Fsp3) is 0.455. The lowest BCUT2D eigenvalue weighted by atomic mass is 9.82. The summed E-state index contributed by atoms with van der Waals surface area (Å²) in [4.78, 5) is 0. The molecule has 0 aromatic heterocycles. The first-order valence-corrected chi connectivity index (χ1v) is 5.35. The van der Waals surface area contributed by atoms with E-state index in [0.29, 0.717) is 5.92 Å². The Kier molecular flexibility index (Phi) is 2.83. The Balaban J connectivity index is 2.14. The lowest BCUT2D eigenvalue weighted by Crippen LogP contribution is -2.34. The molecule has 1 aliphatic rings. The van der Waals surface area contributed by atoms with Gasteiger partial charge >= 0.3 is 0 Å². The average molecular weight is 232 g/mol. The normalized spacial score (nSPS) is 24.8. The Morgan fingerprint density at radius 1 is 1.33 bits per heavy atom. The quantitative estimate of drug-likeness (QED) is 0.816. The molecule has 0 heterocycles. The molecule has 0 radical (unpaired) electrons. The van der Waals surface area contributed by atoms with Crippen molar-refractivity contribution < 1.29 is 8.78 Å². The van der Waals surface area contributed by atoms with Gasteiger partial charge in [-0.05, 0) is 24.8 Å². The van der Waals surface area contributed by atoms with Crippen molar-refractivity contribution in [3.63, 3.8) is 0 Å². The molecule has 1 nitrogen and oxygen atoms in total. The SMILES string of the molecule is CC1CC(Nc2c(F)cc(F)cc2Cl)C1. The Bertz CT molecular complexity index is 352. The molecule has 0 atom stereocenters. The van der Waals surface area contributed by atoms with E-state index in [1.807, 2.05) is 0 Å². The highest BCUT2D eigenvalue weighted by Gasteiger charge is 2.26. The zero-order valence-electron chi connectivity index (χ0n) is 8.36. The molecule has 82 valence electrons. The summed E-state index contributed by atoms with van der Waals surface area (Å²) in [7, 11) is 0. The maximum Gasteiger partial charge on any atom is 0.150 e. The molecule has 1 aromatic rings. The molecule has 15 heavy (non-hydrogen) atoms. The van der Waals surface area contributed by atoms with E-state index >= 15 is 0 Å². The first-order valence-electron chi connectivity index (χ1n) is 4.97. The highest BCUT2D eigenvalue weighted by molar-refractivity contribution is 6.33. The van der Waals surface area contributed by atoms with Crippen molar-refractivity contribution in [1.82, 2.24) is 0 Å². The summed E-state index contributed by atoms with van der Waals surface area (Å²) in [6, 6.07) is 2.23. The molecule has 1 saturated carbocycles. The molecule has 0 spiro atoms. The number of benzene rings is 1. The van der Waals surface area contributed by atoms with Crippen LogP contribution in [0.3, 0.4) is 0 Å². The van der Waals surface area contributed by atoms with Gasteiger partial charge < -0.3 is 5.32 Å². The van der Waals surface area contributed by atoms with Crippen molar-refractivity contribution in [2.75, 3.05) is 5.32 Å². The predicted molar refractivity (Wildman–Crippen MR) is 57.2 cm³/mol. The van der Waals surface area contributed by atoms with Gasteiger partial charge in [0.1, 0.15) is 5.82 Å². The number of hydrogen-bond donors (Lipinski definition) is 1. The second kappa shape index (κ2) is 3.97. The first kappa shape index (κ1) is 10.7. The van der Waals surface area contributed by atoms with Gasteiger partial charge in [0.2, 0.25) is 0 Å². The highest BCUT2D eigenvalue weighted by atomic mass is 35.5. The van der Waals surface area contributed by atoms with E-state index in [0.717, 1.165) is 25.0 Å². The second-order valence-electron chi connectivity index (χ2n) is 4.16. The number of rotatable bonds is 2. The van der Waals surface area contributed by atoms with Crippen LogP contribution in [-0.4, -0.2) is 6.04 Å². The van der Waals surface area contributed by atoms with Crippen LogP contribution in [0.5, 0.6) is 0 Å². The van der Waals surface area contributed by atoms with Crippen LogP contribution in [0.4, 0.5) is 14.5 Å². The van der Waals surface area contributed by atoms with Crippen LogP contribution in [0.2, 0.25) is 5.02 Å². The summed E-state index contributed by atoms with van der Waals surface area (Å²) in [6.45, 7) is 2.14. The van der Waals surface area contributed by atoms with E-state index in [-0.39, 0.29) is 16.8 Å². The van der Waals surface area contributed by atoms with E-state index in [2.05, 4.69) is 12.2 Å². The topological polar surface area (TPSA) is 12.0 Å². The van der Waals surface area contributed by atoms with Gasteiger partial charge in [0.15, 0.2) is 5.82 Å². The molecule has 0 bridgehead atoms. The Hall–Kier alpha value is -0.830. The van der Waals surface area contributed by atoms with E-state index in [1.165, 1.54) is 0 Å². The molecule has 0 unspecified atom stereocenters. The smallest absolute Gasteiger partial charge is 0.150 e. The fourth-order valence-corrected chi connectivity index (χ4v) is 2.15. The minimum absolute atomic E-state index is 0.104. The van der Waals surface area contributed by atoms with Crippen LogP contribution in [0.1, 0.15) is 19.8 Å². The molecular weight excluding hydrogens is 220 g/mol. The molecular formula is C11H12ClF2N. The number of anilines is 1. The van der Waals surface area contributed by atoms with Crippen molar-refractivity contribution in [1.29, 1.82) is 0 Å². The van der Waals surface area contributed by atoms with E-state index < -0.39 is 11.6 Å². The van der Waals surface area contributed by atoms with Gasteiger partial charge in [-0.1, -0.05) is 18.5 Å². The Labute approximate surface area is 92.4 Å². The van der Waals surface area contributed by atoms with Gasteiger partial charge in [-0.15, -0.1) is 0 Å². The number of halogens is 3. The summed E-state index contributed by atoms with van der Waals surface area (Å²) in [5.41, 5.74) is 0.218. The molecule has 0 aliphatic heterocycles. The maximum atomic E-state index is 13.3. The van der Waals surface area contributed by atoms with Gasteiger partial charge in [0.05, 0.1) is 10.7 Å². The second-order valence-corrected chi connectivity index (χ2v) is 4.57. The molecule has 0 saturated heterocycles. The third-order valence-electron chi connectivity index (χ3n) is 2.73. The lowest BCUT2D eigenvalue weighted by molar-refractivity contribution is 0.308. The summed E-state index contributed by atoms with van der Waals surface area (Å²) < 4.78 is 26.1. The van der Waals surface area contributed by atoms with Gasteiger partial charge in [0.25, 0.3) is 0 Å². The minimum Gasteiger partial charge on any atom is -0.379 e. The summed E-state index contributed by atoms with van der Waals surface area (Å²) in [5, 5.41) is 3.10. The molecule has 1 fully saturated rings. The summed E-state index contributed by atoms with van der Waals surface area (Å²) in [6.07, 6.45) is 2.01. The molecule has 1 N–H and O–H groups in total. The Morgan fingerprint density at radius 2 is 2.00 bits per heavy atom. The zero-order valence-corrected chi connectivity index (χ0v) is 9.11. The van der Waals surface area contributed by atoms with Gasteiger partial charge in [-0.25, -0.2) is 8.78 Å². The average Bonchev–Trinajstić information content (AvgIpc) is 2.07. The maximum absolute atomic E-state index is 13.3. The predicted octanol–water partition coefficient (Wildman–Crippen LogP) is 3.83. The van der Waals surface area contributed by atoms with Crippen LogP contribution in [0, 0.1) is 17.6 Å².